The van der Waals surface area contributed by atoms with E-state index in [0.717, 1.165) is 24.0 Å². The summed E-state index contributed by atoms with van der Waals surface area (Å²) in [6.07, 6.45) is 1.15. The second-order valence-electron chi connectivity index (χ2n) is 6.83. The molecule has 25 heavy (non-hydrogen) atoms. The van der Waals surface area contributed by atoms with Gasteiger partial charge in [-0.2, -0.15) is 0 Å². The zero-order chi connectivity index (χ0) is 17.8. The Labute approximate surface area is 149 Å². The van der Waals surface area contributed by atoms with Crippen molar-refractivity contribution in [2.24, 2.45) is 5.73 Å². The first-order valence-electron chi connectivity index (χ1n) is 8.86. The van der Waals surface area contributed by atoms with E-state index in [2.05, 4.69) is 55.6 Å². The number of benzene rings is 2. The minimum absolute atomic E-state index is 0.00728. The molecule has 3 rings (SSSR count). The predicted molar refractivity (Wildman–Crippen MR) is 99.3 cm³/mol. The van der Waals surface area contributed by atoms with Crippen LogP contribution >= 0.6 is 0 Å². The summed E-state index contributed by atoms with van der Waals surface area (Å²) in [5.41, 5.74) is 10.2. The normalized spacial score (nSPS) is 20.0. The number of aryl methyl sites for hydroxylation is 2. The molecule has 0 aromatic heterocycles. The quantitative estimate of drug-likeness (QED) is 0.881. The average Bonchev–Trinajstić information content (AvgIpc) is 3.09. The molecule has 0 spiro atoms. The van der Waals surface area contributed by atoms with Gasteiger partial charge in [-0.3, -0.25) is 4.79 Å². The second kappa shape index (κ2) is 7.81. The smallest absolute Gasteiger partial charge is 0.249 e. The minimum Gasteiger partial charge on any atom is -0.364 e. The lowest BCUT2D eigenvalue weighted by Crippen LogP contribution is -2.38. The van der Waals surface area contributed by atoms with Crippen LogP contribution in [0.2, 0.25) is 0 Å². The Morgan fingerprint density at radius 2 is 1.72 bits per heavy atom. The molecule has 4 nitrogen and oxygen atoms in total. The number of rotatable bonds is 5. The van der Waals surface area contributed by atoms with Gasteiger partial charge in [0, 0.05) is 6.54 Å². The van der Waals surface area contributed by atoms with Crippen LogP contribution in [0, 0.1) is 13.8 Å². The summed E-state index contributed by atoms with van der Waals surface area (Å²) in [4.78, 5) is 12.8. The number of nitrogens with two attached hydrogens (primary N) is 1. The lowest BCUT2D eigenvalue weighted by Gasteiger charge is -2.23. The van der Waals surface area contributed by atoms with Gasteiger partial charge in [0.2, 0.25) is 5.91 Å². The fraction of sp³-hybridized carbons (Fsp3) is 0.381. The van der Waals surface area contributed by atoms with Crippen molar-refractivity contribution in [2.75, 3.05) is 6.54 Å². The van der Waals surface area contributed by atoms with E-state index in [4.69, 9.17) is 10.5 Å². The number of hydrogen-bond donors (Lipinski definition) is 2. The highest BCUT2D eigenvalue weighted by Gasteiger charge is 2.31. The topological polar surface area (TPSA) is 64.4 Å². The Balaban J connectivity index is 1.85. The fourth-order valence-electron chi connectivity index (χ4n) is 3.37. The lowest BCUT2D eigenvalue weighted by atomic mass is 9.96. The van der Waals surface area contributed by atoms with Crippen molar-refractivity contribution in [1.82, 2.24) is 5.32 Å². The monoisotopic (exact) mass is 338 g/mol. The molecule has 2 atom stereocenters. The van der Waals surface area contributed by atoms with E-state index in [-0.39, 0.29) is 18.1 Å². The molecule has 1 aliphatic heterocycles. The summed E-state index contributed by atoms with van der Waals surface area (Å²) in [6, 6.07) is 16.3. The molecule has 132 valence electrons. The first-order valence-corrected chi connectivity index (χ1v) is 8.86. The van der Waals surface area contributed by atoms with Crippen LogP contribution < -0.4 is 11.1 Å². The molecular weight excluding hydrogens is 312 g/mol. The molecule has 4 heteroatoms. The minimum atomic E-state index is -0.411. The summed E-state index contributed by atoms with van der Waals surface area (Å²) in [5, 5.41) is 3.19. The van der Waals surface area contributed by atoms with Gasteiger partial charge in [-0.25, -0.2) is 0 Å². The Kier molecular flexibility index (Phi) is 5.51. The van der Waals surface area contributed by atoms with Crippen LogP contribution in [-0.2, 0) is 9.53 Å². The van der Waals surface area contributed by atoms with Crippen molar-refractivity contribution >= 4 is 5.91 Å². The van der Waals surface area contributed by atoms with E-state index in [1.165, 1.54) is 11.1 Å². The molecule has 2 aromatic carbocycles. The summed E-state index contributed by atoms with van der Waals surface area (Å²) >= 11 is 0. The van der Waals surface area contributed by atoms with Crippen LogP contribution in [0.3, 0.4) is 0 Å². The van der Waals surface area contributed by atoms with Gasteiger partial charge in [0.1, 0.15) is 6.10 Å². The number of hydrogen-bond acceptors (Lipinski definition) is 3. The van der Waals surface area contributed by atoms with Crippen molar-refractivity contribution < 1.29 is 9.53 Å². The molecule has 1 heterocycles. The Morgan fingerprint density at radius 1 is 1.12 bits per heavy atom. The standard InChI is InChI=1S/C21H26N2O2/c1-14-5-3-7-16(11-14)20(17-8-4-6-15(2)12-17)23-21(24)19-10-9-18(13-22)25-19/h3-8,11-12,18-20H,9-10,13,22H2,1-2H3,(H,23,24)/t18-,19+/m1/s1. The van der Waals surface area contributed by atoms with Crippen LogP contribution in [-0.4, -0.2) is 24.7 Å². The molecule has 2 aromatic rings. The maximum absolute atomic E-state index is 12.8. The van der Waals surface area contributed by atoms with Crippen LogP contribution in [0.15, 0.2) is 48.5 Å². The van der Waals surface area contributed by atoms with E-state index < -0.39 is 6.10 Å². The van der Waals surface area contributed by atoms with Crippen molar-refractivity contribution in [2.45, 2.75) is 44.9 Å². The summed E-state index contributed by atoms with van der Waals surface area (Å²) in [5.74, 6) is -0.0658. The average molecular weight is 338 g/mol. The molecule has 3 N–H and O–H groups in total. The number of nitrogens with one attached hydrogen (secondary N) is 1. The van der Waals surface area contributed by atoms with Crippen LogP contribution in [0.1, 0.15) is 41.1 Å². The number of amides is 1. The molecule has 1 amide bonds. The van der Waals surface area contributed by atoms with Gasteiger partial charge < -0.3 is 15.8 Å². The maximum Gasteiger partial charge on any atom is 0.249 e. The highest BCUT2D eigenvalue weighted by atomic mass is 16.5. The van der Waals surface area contributed by atoms with Gasteiger partial charge in [-0.1, -0.05) is 59.7 Å². The zero-order valence-corrected chi connectivity index (χ0v) is 14.9. The Bertz CT molecular complexity index is 699. The zero-order valence-electron chi connectivity index (χ0n) is 14.9. The van der Waals surface area contributed by atoms with Crippen molar-refractivity contribution in [3.63, 3.8) is 0 Å². The summed E-state index contributed by atoms with van der Waals surface area (Å²) < 4.78 is 5.76. The molecule has 0 unspecified atom stereocenters. The second-order valence-corrected chi connectivity index (χ2v) is 6.83. The lowest BCUT2D eigenvalue weighted by molar-refractivity contribution is -0.132. The largest absolute Gasteiger partial charge is 0.364 e. The van der Waals surface area contributed by atoms with Gasteiger partial charge in [0.25, 0.3) is 0 Å². The van der Waals surface area contributed by atoms with Gasteiger partial charge in [-0.15, -0.1) is 0 Å². The first kappa shape index (κ1) is 17.6. The van der Waals surface area contributed by atoms with E-state index >= 15 is 0 Å². The summed E-state index contributed by atoms with van der Waals surface area (Å²) in [7, 11) is 0. The molecule has 0 radical (unpaired) electrons. The fourth-order valence-corrected chi connectivity index (χ4v) is 3.37. The van der Waals surface area contributed by atoms with Crippen molar-refractivity contribution in [1.29, 1.82) is 0 Å². The van der Waals surface area contributed by atoms with E-state index in [0.29, 0.717) is 6.54 Å². The highest BCUT2D eigenvalue weighted by Crippen LogP contribution is 2.26. The van der Waals surface area contributed by atoms with Gasteiger partial charge in [0.05, 0.1) is 12.1 Å². The molecule has 1 aliphatic rings. The third-order valence-electron chi connectivity index (χ3n) is 4.70. The third kappa shape index (κ3) is 4.27. The molecule has 1 saturated heterocycles. The molecule has 0 bridgehead atoms. The number of carbonyl (C=O) groups is 1. The van der Waals surface area contributed by atoms with Gasteiger partial charge >= 0.3 is 0 Å². The van der Waals surface area contributed by atoms with E-state index in [9.17, 15) is 4.79 Å². The molecular formula is C21H26N2O2. The SMILES string of the molecule is Cc1cccc(C(NC(=O)[C@@H]2CC[C@H](CN)O2)c2cccc(C)c2)c1. The first-order chi connectivity index (χ1) is 12.1. The van der Waals surface area contributed by atoms with Crippen LogP contribution in [0.25, 0.3) is 0 Å². The summed E-state index contributed by atoms with van der Waals surface area (Å²) in [6.45, 7) is 4.58. The van der Waals surface area contributed by atoms with Gasteiger partial charge in [0.15, 0.2) is 0 Å². The van der Waals surface area contributed by atoms with E-state index in [1.807, 2.05) is 12.1 Å². The highest BCUT2D eigenvalue weighted by molar-refractivity contribution is 5.82. The predicted octanol–water partition coefficient (Wildman–Crippen LogP) is 3.02. The Hall–Kier alpha value is -2.17. The number of carbonyl (C=O) groups excluding carboxylic acids is 1. The maximum atomic E-state index is 12.8. The van der Waals surface area contributed by atoms with E-state index in [1.54, 1.807) is 0 Å². The molecule has 0 aliphatic carbocycles. The van der Waals surface area contributed by atoms with Gasteiger partial charge in [-0.05, 0) is 37.8 Å². The van der Waals surface area contributed by atoms with Crippen molar-refractivity contribution in [3.05, 3.63) is 70.8 Å². The molecule has 0 saturated carbocycles. The Morgan fingerprint density at radius 3 is 2.20 bits per heavy atom. The number of ether oxygens (including phenoxy) is 1. The molecule has 1 fully saturated rings. The van der Waals surface area contributed by atoms with Crippen molar-refractivity contribution in [3.8, 4) is 0 Å². The third-order valence-corrected chi connectivity index (χ3v) is 4.70. The van der Waals surface area contributed by atoms with Crippen LogP contribution in [0.5, 0.6) is 0 Å². The van der Waals surface area contributed by atoms with Crippen LogP contribution in [0.4, 0.5) is 0 Å².